The molecule has 0 fully saturated rings. The minimum atomic E-state index is -0.00554. The van der Waals surface area contributed by atoms with E-state index in [0.29, 0.717) is 6.54 Å². The zero-order valence-electron chi connectivity index (χ0n) is 15.4. The molecule has 5 nitrogen and oxygen atoms in total. The molecule has 1 aromatic heterocycles. The number of benzene rings is 1. The molecule has 0 N–H and O–H groups in total. The average molecular weight is 373 g/mol. The minimum absolute atomic E-state index is 0.00554. The van der Waals surface area contributed by atoms with Gasteiger partial charge in [0.05, 0.1) is 6.04 Å². The van der Waals surface area contributed by atoms with E-state index in [-0.39, 0.29) is 23.2 Å². The van der Waals surface area contributed by atoms with Gasteiger partial charge in [0.2, 0.25) is 5.91 Å². The summed E-state index contributed by atoms with van der Waals surface area (Å²) in [7, 11) is 0. The standard InChI is InChI=1S/C20H25ClN4O/c1-20(2)8-7-15-9-14(3-5-17(15)20)11-25(19(26)10-21)16-4-6-18-23-22-13-24(18)12-16/h3,5,9,13,16H,4,6-8,10-12H2,1-2H3. The van der Waals surface area contributed by atoms with Crippen molar-refractivity contribution in [2.24, 2.45) is 0 Å². The van der Waals surface area contributed by atoms with Crippen molar-refractivity contribution in [1.82, 2.24) is 19.7 Å². The van der Waals surface area contributed by atoms with E-state index in [4.69, 9.17) is 11.6 Å². The van der Waals surface area contributed by atoms with Gasteiger partial charge in [0.25, 0.3) is 0 Å². The number of halogens is 1. The first-order valence-electron chi connectivity index (χ1n) is 9.32. The number of carbonyl (C=O) groups is 1. The summed E-state index contributed by atoms with van der Waals surface area (Å²) in [6.07, 6.45) is 5.80. The molecule has 1 amide bonds. The molecule has 2 heterocycles. The number of nitrogens with zero attached hydrogens (tertiary/aromatic N) is 4. The molecule has 0 bridgehead atoms. The molecule has 4 rings (SSSR count). The summed E-state index contributed by atoms with van der Waals surface area (Å²) in [6.45, 7) is 5.96. The lowest BCUT2D eigenvalue weighted by atomic mass is 9.86. The average Bonchev–Trinajstić information content (AvgIpc) is 3.22. The maximum atomic E-state index is 12.6. The third-order valence-electron chi connectivity index (χ3n) is 5.95. The van der Waals surface area contributed by atoms with E-state index in [1.54, 1.807) is 6.33 Å². The molecule has 1 aromatic carbocycles. The zero-order valence-corrected chi connectivity index (χ0v) is 16.2. The highest BCUT2D eigenvalue weighted by molar-refractivity contribution is 6.27. The number of aromatic nitrogens is 3. The Hall–Kier alpha value is -1.88. The van der Waals surface area contributed by atoms with Crippen LogP contribution in [-0.4, -0.2) is 37.5 Å². The van der Waals surface area contributed by atoms with E-state index >= 15 is 0 Å². The Kier molecular flexibility index (Phi) is 4.51. The second-order valence-corrected chi connectivity index (χ2v) is 8.39. The molecule has 1 atom stereocenters. The Labute approximate surface area is 159 Å². The van der Waals surface area contributed by atoms with Gasteiger partial charge in [-0.05, 0) is 41.4 Å². The van der Waals surface area contributed by atoms with Gasteiger partial charge in [-0.25, -0.2) is 0 Å². The number of hydrogen-bond acceptors (Lipinski definition) is 3. The highest BCUT2D eigenvalue weighted by Crippen LogP contribution is 2.38. The van der Waals surface area contributed by atoms with E-state index in [1.807, 2.05) is 9.47 Å². The number of rotatable bonds is 4. The monoisotopic (exact) mass is 372 g/mol. The van der Waals surface area contributed by atoms with E-state index in [9.17, 15) is 4.79 Å². The molecule has 138 valence electrons. The Bertz CT molecular complexity index is 829. The highest BCUT2D eigenvalue weighted by atomic mass is 35.5. The van der Waals surface area contributed by atoms with E-state index < -0.39 is 0 Å². The van der Waals surface area contributed by atoms with Crippen molar-refractivity contribution in [3.63, 3.8) is 0 Å². The van der Waals surface area contributed by atoms with Crippen molar-refractivity contribution in [3.05, 3.63) is 47.0 Å². The maximum Gasteiger partial charge on any atom is 0.238 e. The molecule has 0 radical (unpaired) electrons. The molecular weight excluding hydrogens is 348 g/mol. The van der Waals surface area contributed by atoms with Crippen molar-refractivity contribution in [3.8, 4) is 0 Å². The zero-order chi connectivity index (χ0) is 18.3. The Balaban J connectivity index is 1.56. The first kappa shape index (κ1) is 17.5. The van der Waals surface area contributed by atoms with Crippen molar-refractivity contribution >= 4 is 17.5 Å². The third kappa shape index (κ3) is 3.13. The molecule has 0 saturated carbocycles. The van der Waals surface area contributed by atoms with E-state index in [1.165, 1.54) is 23.1 Å². The molecule has 1 unspecified atom stereocenters. The quantitative estimate of drug-likeness (QED) is 0.775. The topological polar surface area (TPSA) is 51.0 Å². The summed E-state index contributed by atoms with van der Waals surface area (Å²) in [6, 6.07) is 6.84. The second kappa shape index (κ2) is 6.69. The van der Waals surface area contributed by atoms with Gasteiger partial charge in [-0.2, -0.15) is 0 Å². The van der Waals surface area contributed by atoms with Crippen LogP contribution < -0.4 is 0 Å². The van der Waals surface area contributed by atoms with Crippen LogP contribution in [0.3, 0.4) is 0 Å². The van der Waals surface area contributed by atoms with Crippen molar-refractivity contribution in [2.45, 2.75) is 64.1 Å². The molecule has 26 heavy (non-hydrogen) atoms. The number of hydrogen-bond donors (Lipinski definition) is 0. The highest BCUT2D eigenvalue weighted by Gasteiger charge is 2.31. The van der Waals surface area contributed by atoms with Crippen LogP contribution in [0, 0.1) is 0 Å². The van der Waals surface area contributed by atoms with Gasteiger partial charge < -0.3 is 9.47 Å². The molecule has 0 spiro atoms. The number of amides is 1. The fourth-order valence-electron chi connectivity index (χ4n) is 4.38. The summed E-state index contributed by atoms with van der Waals surface area (Å²) in [4.78, 5) is 14.5. The normalized spacial score (nSPS) is 20.5. The number of aryl methyl sites for hydroxylation is 2. The Morgan fingerprint density at radius 2 is 2.23 bits per heavy atom. The molecule has 1 aliphatic heterocycles. The molecule has 1 aliphatic carbocycles. The largest absolute Gasteiger partial charge is 0.333 e. The van der Waals surface area contributed by atoms with Crippen molar-refractivity contribution < 1.29 is 4.79 Å². The Morgan fingerprint density at radius 3 is 3.04 bits per heavy atom. The van der Waals surface area contributed by atoms with Gasteiger partial charge in [-0.1, -0.05) is 32.0 Å². The lowest BCUT2D eigenvalue weighted by Crippen LogP contribution is -2.45. The van der Waals surface area contributed by atoms with Crippen LogP contribution >= 0.6 is 11.6 Å². The van der Waals surface area contributed by atoms with Crippen LogP contribution in [0.4, 0.5) is 0 Å². The number of fused-ring (bicyclic) bond motifs is 2. The number of carbonyl (C=O) groups excluding carboxylic acids is 1. The third-order valence-corrected chi connectivity index (χ3v) is 6.18. The van der Waals surface area contributed by atoms with E-state index in [0.717, 1.165) is 31.6 Å². The van der Waals surface area contributed by atoms with Gasteiger partial charge >= 0.3 is 0 Å². The SMILES string of the molecule is CC1(C)CCc2cc(CN(C(=O)CCl)C3CCc4nncn4C3)ccc21. The first-order valence-corrected chi connectivity index (χ1v) is 9.86. The van der Waals surface area contributed by atoms with Gasteiger partial charge in [-0.15, -0.1) is 21.8 Å². The summed E-state index contributed by atoms with van der Waals surface area (Å²) in [5.41, 5.74) is 4.32. The summed E-state index contributed by atoms with van der Waals surface area (Å²) in [5, 5.41) is 8.12. The Morgan fingerprint density at radius 1 is 1.38 bits per heavy atom. The van der Waals surface area contributed by atoms with E-state index in [2.05, 4.69) is 42.2 Å². The van der Waals surface area contributed by atoms with Gasteiger partial charge in [-0.3, -0.25) is 4.79 Å². The predicted octanol–water partition coefficient (Wildman–Crippen LogP) is 3.08. The molecular formula is C20H25ClN4O. The fraction of sp³-hybridized carbons (Fsp3) is 0.550. The van der Waals surface area contributed by atoms with Crippen LogP contribution in [0.25, 0.3) is 0 Å². The summed E-state index contributed by atoms with van der Waals surface area (Å²) >= 11 is 5.92. The minimum Gasteiger partial charge on any atom is -0.333 e. The molecule has 2 aliphatic rings. The lowest BCUT2D eigenvalue weighted by molar-refractivity contribution is -0.132. The fourth-order valence-corrected chi connectivity index (χ4v) is 4.54. The van der Waals surface area contributed by atoms with Crippen molar-refractivity contribution in [1.29, 1.82) is 0 Å². The molecule has 2 aromatic rings. The molecule has 0 saturated heterocycles. The second-order valence-electron chi connectivity index (χ2n) is 8.12. The van der Waals surface area contributed by atoms with Crippen LogP contribution in [0.1, 0.15) is 49.2 Å². The van der Waals surface area contributed by atoms with Crippen molar-refractivity contribution in [2.75, 3.05) is 5.88 Å². The first-order chi connectivity index (χ1) is 12.5. The van der Waals surface area contributed by atoms with Gasteiger partial charge in [0, 0.05) is 19.5 Å². The number of alkyl halides is 1. The summed E-state index contributed by atoms with van der Waals surface area (Å²) < 4.78 is 2.05. The van der Waals surface area contributed by atoms with Gasteiger partial charge in [0.1, 0.15) is 18.0 Å². The molecule has 6 heteroatoms. The maximum absolute atomic E-state index is 12.6. The van der Waals surface area contributed by atoms with Crippen LogP contribution in [0.15, 0.2) is 24.5 Å². The van der Waals surface area contributed by atoms with Crippen LogP contribution in [-0.2, 0) is 36.1 Å². The summed E-state index contributed by atoms with van der Waals surface area (Å²) in [5.74, 6) is 1.01. The van der Waals surface area contributed by atoms with Gasteiger partial charge in [0.15, 0.2) is 0 Å². The van der Waals surface area contributed by atoms with Crippen LogP contribution in [0.5, 0.6) is 0 Å². The van der Waals surface area contributed by atoms with Crippen LogP contribution in [0.2, 0.25) is 0 Å². The predicted molar refractivity (Wildman–Crippen MR) is 101 cm³/mol. The lowest BCUT2D eigenvalue weighted by Gasteiger charge is -2.34. The smallest absolute Gasteiger partial charge is 0.238 e.